The summed E-state index contributed by atoms with van der Waals surface area (Å²) in [4.78, 5) is 0. The Morgan fingerprint density at radius 2 is 0.833 bits per heavy atom. The SMILES string of the molecule is CCCc1cccc2c1ccc1c3cccc(CCC)c3ccc21. The van der Waals surface area contributed by atoms with Gasteiger partial charge in [0.2, 0.25) is 0 Å². The zero-order chi connectivity index (χ0) is 16.5. The molecule has 0 aliphatic carbocycles. The van der Waals surface area contributed by atoms with Crippen molar-refractivity contribution in [1.29, 1.82) is 0 Å². The van der Waals surface area contributed by atoms with E-state index in [9.17, 15) is 0 Å². The third kappa shape index (κ3) is 2.38. The smallest absolute Gasteiger partial charge is 0.00989 e. The van der Waals surface area contributed by atoms with Crippen LogP contribution in [0.1, 0.15) is 37.8 Å². The van der Waals surface area contributed by atoms with E-state index in [2.05, 4.69) is 74.5 Å². The first kappa shape index (κ1) is 15.2. The van der Waals surface area contributed by atoms with Crippen LogP contribution in [0.3, 0.4) is 0 Å². The van der Waals surface area contributed by atoms with E-state index in [4.69, 9.17) is 0 Å². The number of aryl methyl sites for hydroxylation is 2. The van der Waals surface area contributed by atoms with Gasteiger partial charge in [0.05, 0.1) is 0 Å². The first-order valence-electron chi connectivity index (χ1n) is 9.18. The summed E-state index contributed by atoms with van der Waals surface area (Å²) in [6, 6.07) is 22.8. The van der Waals surface area contributed by atoms with E-state index in [-0.39, 0.29) is 0 Å². The molecule has 0 heterocycles. The largest absolute Gasteiger partial charge is 0.0651 e. The molecule has 0 bridgehead atoms. The van der Waals surface area contributed by atoms with Gasteiger partial charge in [-0.15, -0.1) is 0 Å². The molecule has 0 heteroatoms. The minimum Gasteiger partial charge on any atom is -0.0651 e. The highest BCUT2D eigenvalue weighted by Gasteiger charge is 2.08. The van der Waals surface area contributed by atoms with Crippen LogP contribution in [0, 0.1) is 0 Å². The van der Waals surface area contributed by atoms with Gasteiger partial charge in [-0.25, -0.2) is 0 Å². The fraction of sp³-hybridized carbons (Fsp3) is 0.250. The van der Waals surface area contributed by atoms with Gasteiger partial charge in [0.15, 0.2) is 0 Å². The van der Waals surface area contributed by atoms with Crippen molar-refractivity contribution in [3.8, 4) is 0 Å². The Kier molecular flexibility index (Phi) is 3.98. The lowest BCUT2D eigenvalue weighted by molar-refractivity contribution is 0.929. The fourth-order valence-electron chi connectivity index (χ4n) is 4.05. The summed E-state index contributed by atoms with van der Waals surface area (Å²) in [6.07, 6.45) is 4.68. The quantitative estimate of drug-likeness (QED) is 0.354. The van der Waals surface area contributed by atoms with E-state index in [1.807, 2.05) is 0 Å². The maximum atomic E-state index is 2.33. The number of benzene rings is 4. The molecule has 0 saturated heterocycles. The number of hydrogen-bond donors (Lipinski definition) is 0. The number of fused-ring (bicyclic) bond motifs is 5. The molecule has 0 spiro atoms. The van der Waals surface area contributed by atoms with Gasteiger partial charge in [0.25, 0.3) is 0 Å². The predicted octanol–water partition coefficient (Wildman–Crippen LogP) is 7.05. The van der Waals surface area contributed by atoms with Gasteiger partial charge in [-0.3, -0.25) is 0 Å². The second-order valence-corrected chi connectivity index (χ2v) is 6.75. The average Bonchev–Trinajstić information content (AvgIpc) is 2.62. The summed E-state index contributed by atoms with van der Waals surface area (Å²) >= 11 is 0. The highest BCUT2D eigenvalue weighted by molar-refractivity contribution is 6.18. The molecule has 4 aromatic carbocycles. The summed E-state index contributed by atoms with van der Waals surface area (Å²) in [7, 11) is 0. The zero-order valence-corrected chi connectivity index (χ0v) is 14.6. The topological polar surface area (TPSA) is 0 Å². The lowest BCUT2D eigenvalue weighted by Crippen LogP contribution is -1.89. The third-order valence-corrected chi connectivity index (χ3v) is 5.14. The zero-order valence-electron chi connectivity index (χ0n) is 14.6. The molecule has 0 amide bonds. The molecule has 0 atom stereocenters. The van der Waals surface area contributed by atoms with Crippen molar-refractivity contribution in [3.05, 3.63) is 71.8 Å². The molecule has 0 nitrogen and oxygen atoms in total. The highest BCUT2D eigenvalue weighted by atomic mass is 14.1. The van der Waals surface area contributed by atoms with Crippen LogP contribution in [-0.4, -0.2) is 0 Å². The molecule has 0 unspecified atom stereocenters. The van der Waals surface area contributed by atoms with Gasteiger partial charge in [0.1, 0.15) is 0 Å². The van der Waals surface area contributed by atoms with Crippen molar-refractivity contribution in [3.63, 3.8) is 0 Å². The molecule has 0 radical (unpaired) electrons. The lowest BCUT2D eigenvalue weighted by atomic mass is 9.92. The van der Waals surface area contributed by atoms with Gasteiger partial charge in [-0.1, -0.05) is 87.4 Å². The van der Waals surface area contributed by atoms with Crippen LogP contribution in [0.25, 0.3) is 32.3 Å². The molecule has 4 rings (SSSR count). The maximum Gasteiger partial charge on any atom is -0.00989 e. The standard InChI is InChI=1S/C24H24/c1-3-7-17-9-5-11-21-19(17)13-15-24-22-12-6-10-18(8-4-2)20(22)14-16-23(21)24/h5-6,9-16H,3-4,7-8H2,1-2H3. The Labute approximate surface area is 144 Å². The maximum absolute atomic E-state index is 2.33. The summed E-state index contributed by atoms with van der Waals surface area (Å²) in [5.74, 6) is 0. The van der Waals surface area contributed by atoms with E-state index in [0.717, 1.165) is 12.8 Å². The molecule has 120 valence electrons. The molecule has 0 aromatic heterocycles. The van der Waals surface area contributed by atoms with Crippen molar-refractivity contribution in [2.75, 3.05) is 0 Å². The molecule has 0 aliphatic heterocycles. The van der Waals surface area contributed by atoms with Crippen LogP contribution >= 0.6 is 0 Å². The summed E-state index contributed by atoms with van der Waals surface area (Å²) < 4.78 is 0. The summed E-state index contributed by atoms with van der Waals surface area (Å²) in [5.41, 5.74) is 2.94. The molecule has 0 saturated carbocycles. The van der Waals surface area contributed by atoms with E-state index in [1.165, 1.54) is 56.3 Å². The Hall–Kier alpha value is -2.34. The van der Waals surface area contributed by atoms with Crippen LogP contribution in [0.5, 0.6) is 0 Å². The highest BCUT2D eigenvalue weighted by Crippen LogP contribution is 2.34. The second-order valence-electron chi connectivity index (χ2n) is 6.75. The average molecular weight is 312 g/mol. The van der Waals surface area contributed by atoms with Crippen molar-refractivity contribution < 1.29 is 0 Å². The van der Waals surface area contributed by atoms with Crippen LogP contribution in [0.4, 0.5) is 0 Å². The van der Waals surface area contributed by atoms with Crippen molar-refractivity contribution in [2.24, 2.45) is 0 Å². The monoisotopic (exact) mass is 312 g/mol. The van der Waals surface area contributed by atoms with Gasteiger partial charge in [-0.2, -0.15) is 0 Å². The van der Waals surface area contributed by atoms with E-state index >= 15 is 0 Å². The molecular formula is C24H24. The minimum absolute atomic E-state index is 1.15. The Balaban J connectivity index is 2.06. The molecule has 0 aliphatic rings. The number of hydrogen-bond acceptors (Lipinski definition) is 0. The van der Waals surface area contributed by atoms with E-state index < -0.39 is 0 Å². The van der Waals surface area contributed by atoms with Crippen LogP contribution in [0.2, 0.25) is 0 Å². The van der Waals surface area contributed by atoms with Gasteiger partial charge in [-0.05, 0) is 56.3 Å². The molecule has 0 fully saturated rings. The third-order valence-electron chi connectivity index (χ3n) is 5.14. The Morgan fingerprint density at radius 3 is 1.25 bits per heavy atom. The first-order chi connectivity index (χ1) is 11.8. The van der Waals surface area contributed by atoms with Crippen molar-refractivity contribution in [1.82, 2.24) is 0 Å². The summed E-state index contributed by atoms with van der Waals surface area (Å²) in [6.45, 7) is 4.51. The lowest BCUT2D eigenvalue weighted by Gasteiger charge is -2.12. The van der Waals surface area contributed by atoms with E-state index in [0.29, 0.717) is 0 Å². The van der Waals surface area contributed by atoms with Crippen LogP contribution < -0.4 is 0 Å². The molecule has 24 heavy (non-hydrogen) atoms. The second kappa shape index (κ2) is 6.28. The Morgan fingerprint density at radius 1 is 0.458 bits per heavy atom. The van der Waals surface area contributed by atoms with Gasteiger partial charge >= 0.3 is 0 Å². The Bertz CT molecular complexity index is 939. The van der Waals surface area contributed by atoms with Crippen LogP contribution in [0.15, 0.2) is 60.7 Å². The molecule has 0 N–H and O–H groups in total. The first-order valence-corrected chi connectivity index (χ1v) is 9.18. The minimum atomic E-state index is 1.15. The summed E-state index contributed by atoms with van der Waals surface area (Å²) in [5, 5.41) is 8.37. The van der Waals surface area contributed by atoms with Gasteiger partial charge < -0.3 is 0 Å². The molecular weight excluding hydrogens is 288 g/mol. The normalized spacial score (nSPS) is 11.6. The van der Waals surface area contributed by atoms with Crippen molar-refractivity contribution >= 4 is 32.3 Å². The van der Waals surface area contributed by atoms with Crippen LogP contribution in [-0.2, 0) is 12.8 Å². The van der Waals surface area contributed by atoms with Crippen molar-refractivity contribution in [2.45, 2.75) is 39.5 Å². The fourth-order valence-corrected chi connectivity index (χ4v) is 4.05. The van der Waals surface area contributed by atoms with Gasteiger partial charge in [0, 0.05) is 0 Å². The molecule has 4 aromatic rings. The number of rotatable bonds is 4. The predicted molar refractivity (Wildman–Crippen MR) is 107 cm³/mol. The van der Waals surface area contributed by atoms with E-state index in [1.54, 1.807) is 0 Å².